The van der Waals surface area contributed by atoms with Crippen LogP contribution >= 0.6 is 0 Å². The van der Waals surface area contributed by atoms with Gasteiger partial charge in [0, 0.05) is 5.69 Å². The third-order valence-electron chi connectivity index (χ3n) is 4.75. The van der Waals surface area contributed by atoms with E-state index in [-0.39, 0.29) is 18.1 Å². The van der Waals surface area contributed by atoms with Crippen molar-refractivity contribution < 1.29 is 5.11 Å². The van der Waals surface area contributed by atoms with Crippen LogP contribution in [-0.2, 0) is 0 Å². The number of amidine groups is 1. The second kappa shape index (κ2) is 5.48. The van der Waals surface area contributed by atoms with Crippen molar-refractivity contribution in [2.75, 3.05) is 11.4 Å². The van der Waals surface area contributed by atoms with E-state index < -0.39 is 0 Å². The van der Waals surface area contributed by atoms with Gasteiger partial charge in [-0.1, -0.05) is 12.1 Å². The van der Waals surface area contributed by atoms with Crippen molar-refractivity contribution in [1.29, 1.82) is 5.41 Å². The second-order valence-electron chi connectivity index (χ2n) is 6.63. The summed E-state index contributed by atoms with van der Waals surface area (Å²) in [6.45, 7) is 6.41. The molecule has 0 radical (unpaired) electrons. The lowest BCUT2D eigenvalue weighted by molar-refractivity contribution is 0.411. The lowest BCUT2D eigenvalue weighted by Gasteiger charge is -2.18. The zero-order valence-corrected chi connectivity index (χ0v) is 14.5. The molecule has 3 aromatic rings. The van der Waals surface area contributed by atoms with Gasteiger partial charge in [0.25, 0.3) is 0 Å². The van der Waals surface area contributed by atoms with Gasteiger partial charge in [0.1, 0.15) is 17.4 Å². The quantitative estimate of drug-likeness (QED) is 0.656. The zero-order chi connectivity index (χ0) is 17.7. The minimum atomic E-state index is 0.166. The molecule has 0 atom stereocenters. The molecule has 0 fully saturated rings. The van der Waals surface area contributed by atoms with E-state index in [1.165, 1.54) is 11.1 Å². The number of benzene rings is 2. The van der Waals surface area contributed by atoms with E-state index in [0.717, 1.165) is 22.3 Å². The van der Waals surface area contributed by atoms with Crippen molar-refractivity contribution in [3.05, 3.63) is 64.7 Å². The van der Waals surface area contributed by atoms with E-state index in [1.54, 1.807) is 4.90 Å². The lowest BCUT2D eigenvalue weighted by atomic mass is 10.1. The number of anilines is 1. The molecule has 0 saturated heterocycles. The molecule has 3 N–H and O–H groups in total. The molecule has 4 rings (SSSR count). The fraction of sp³-hybridized carbons (Fsp3) is 0.200. The van der Waals surface area contributed by atoms with Gasteiger partial charge >= 0.3 is 0 Å². The third kappa shape index (κ3) is 2.48. The minimum Gasteiger partial charge on any atom is -0.509 e. The summed E-state index contributed by atoms with van der Waals surface area (Å²) in [6, 6.07) is 12.0. The summed E-state index contributed by atoms with van der Waals surface area (Å²) in [7, 11) is 0. The predicted molar refractivity (Wildman–Crippen MR) is 101 cm³/mol. The molecule has 2 heterocycles. The first-order chi connectivity index (χ1) is 11.9. The van der Waals surface area contributed by atoms with Crippen LogP contribution in [0.25, 0.3) is 16.6 Å². The summed E-state index contributed by atoms with van der Waals surface area (Å²) in [5.74, 6) is 0.965. The molecule has 5 nitrogen and oxygen atoms in total. The molecular weight excluding hydrogens is 312 g/mol. The van der Waals surface area contributed by atoms with Gasteiger partial charge < -0.3 is 15.0 Å². The Bertz CT molecular complexity index is 1010. The Labute approximate surface area is 146 Å². The van der Waals surface area contributed by atoms with Crippen LogP contribution in [-0.4, -0.2) is 27.5 Å². The number of aliphatic hydroxyl groups excluding tert-OH is 1. The van der Waals surface area contributed by atoms with Crippen LogP contribution in [0.15, 0.2) is 42.2 Å². The molecule has 0 aliphatic carbocycles. The van der Waals surface area contributed by atoms with Crippen LogP contribution in [0.3, 0.4) is 0 Å². The van der Waals surface area contributed by atoms with Crippen molar-refractivity contribution in [3.8, 4) is 0 Å². The van der Waals surface area contributed by atoms with Crippen molar-refractivity contribution in [1.82, 2.24) is 9.97 Å². The first kappa shape index (κ1) is 15.4. The van der Waals surface area contributed by atoms with E-state index in [0.29, 0.717) is 11.4 Å². The minimum absolute atomic E-state index is 0.166. The number of H-pyrrole nitrogens is 1. The highest BCUT2D eigenvalue weighted by molar-refractivity contribution is 6.30. The summed E-state index contributed by atoms with van der Waals surface area (Å²) >= 11 is 0. The number of imidazole rings is 1. The number of aromatic amines is 1. The Kier molecular flexibility index (Phi) is 3.39. The molecule has 1 aliphatic rings. The van der Waals surface area contributed by atoms with E-state index in [2.05, 4.69) is 29.9 Å². The second-order valence-corrected chi connectivity index (χ2v) is 6.63. The smallest absolute Gasteiger partial charge is 0.145 e. The maximum atomic E-state index is 10.5. The number of hydrogen-bond donors (Lipinski definition) is 3. The molecule has 1 aliphatic heterocycles. The Hall–Kier alpha value is -3.08. The summed E-state index contributed by atoms with van der Waals surface area (Å²) in [5.41, 5.74) is 6.60. The number of hydrogen-bond acceptors (Lipinski definition) is 3. The number of aryl methyl sites for hydroxylation is 3. The zero-order valence-electron chi connectivity index (χ0n) is 14.5. The Morgan fingerprint density at radius 2 is 1.88 bits per heavy atom. The molecule has 25 heavy (non-hydrogen) atoms. The van der Waals surface area contributed by atoms with Gasteiger partial charge in [0.05, 0.1) is 23.2 Å². The number of nitrogens with zero attached hydrogens (tertiary/aromatic N) is 2. The highest BCUT2D eigenvalue weighted by Gasteiger charge is 2.31. The van der Waals surface area contributed by atoms with E-state index in [1.807, 2.05) is 37.3 Å². The van der Waals surface area contributed by atoms with Crippen LogP contribution < -0.4 is 4.90 Å². The molecule has 2 aromatic carbocycles. The molecule has 0 unspecified atom stereocenters. The van der Waals surface area contributed by atoms with Gasteiger partial charge in [-0.15, -0.1) is 0 Å². The summed E-state index contributed by atoms with van der Waals surface area (Å²) < 4.78 is 0. The first-order valence-electron chi connectivity index (χ1n) is 8.26. The summed E-state index contributed by atoms with van der Waals surface area (Å²) in [4.78, 5) is 9.65. The summed E-state index contributed by atoms with van der Waals surface area (Å²) in [5, 5.41) is 19.0. The average molecular weight is 332 g/mol. The highest BCUT2D eigenvalue weighted by Crippen LogP contribution is 2.31. The van der Waals surface area contributed by atoms with Crippen LogP contribution in [0.4, 0.5) is 5.69 Å². The topological polar surface area (TPSA) is 76.0 Å². The molecule has 1 aromatic heterocycles. The standard InChI is InChI=1S/C20H20N4O/c1-11-5-4-6-14(7-11)24-10-17(25)18(19(24)21)20-22-15-8-12(2)13(3)9-16(15)23-20/h4-9,21,25H,10H2,1-3H3,(H,22,23). The largest absolute Gasteiger partial charge is 0.509 e. The van der Waals surface area contributed by atoms with Crippen molar-refractivity contribution >= 4 is 28.1 Å². The lowest BCUT2D eigenvalue weighted by Crippen LogP contribution is -2.26. The van der Waals surface area contributed by atoms with Crippen LogP contribution in [0, 0.1) is 26.2 Å². The number of aromatic nitrogens is 2. The maximum absolute atomic E-state index is 10.5. The molecule has 0 spiro atoms. The molecular formula is C20H20N4O. The van der Waals surface area contributed by atoms with E-state index in [9.17, 15) is 5.11 Å². The predicted octanol–water partition coefficient (Wildman–Crippen LogP) is 4.25. The molecule has 0 bridgehead atoms. The van der Waals surface area contributed by atoms with Crippen molar-refractivity contribution in [2.24, 2.45) is 0 Å². The molecule has 126 valence electrons. The van der Waals surface area contributed by atoms with Gasteiger partial charge in [0.2, 0.25) is 0 Å². The molecule has 5 heteroatoms. The van der Waals surface area contributed by atoms with Gasteiger partial charge in [-0.3, -0.25) is 5.41 Å². The number of aliphatic hydroxyl groups is 1. The number of nitrogens with one attached hydrogen (secondary N) is 2. The Morgan fingerprint density at radius 3 is 2.64 bits per heavy atom. The van der Waals surface area contributed by atoms with Gasteiger partial charge in [0.15, 0.2) is 0 Å². The van der Waals surface area contributed by atoms with Crippen LogP contribution in [0.5, 0.6) is 0 Å². The average Bonchev–Trinajstić information content (AvgIpc) is 3.08. The molecule has 0 saturated carbocycles. The fourth-order valence-corrected chi connectivity index (χ4v) is 3.23. The number of rotatable bonds is 2. The maximum Gasteiger partial charge on any atom is 0.145 e. The van der Waals surface area contributed by atoms with E-state index in [4.69, 9.17) is 5.41 Å². The number of fused-ring (bicyclic) bond motifs is 1. The Balaban J connectivity index is 1.75. The SMILES string of the molecule is Cc1cccc(N2CC(O)=C(c3nc4cc(C)c(C)cc4[nH]3)C2=N)c1. The van der Waals surface area contributed by atoms with Crippen LogP contribution in [0.1, 0.15) is 22.5 Å². The van der Waals surface area contributed by atoms with Crippen molar-refractivity contribution in [2.45, 2.75) is 20.8 Å². The Morgan fingerprint density at radius 1 is 1.12 bits per heavy atom. The molecule has 0 amide bonds. The third-order valence-corrected chi connectivity index (χ3v) is 4.75. The monoisotopic (exact) mass is 332 g/mol. The van der Waals surface area contributed by atoms with E-state index >= 15 is 0 Å². The van der Waals surface area contributed by atoms with Gasteiger partial charge in [-0.2, -0.15) is 0 Å². The fourth-order valence-electron chi connectivity index (χ4n) is 3.23. The van der Waals surface area contributed by atoms with Gasteiger partial charge in [-0.05, 0) is 61.7 Å². The highest BCUT2D eigenvalue weighted by atomic mass is 16.3. The van der Waals surface area contributed by atoms with Crippen LogP contribution in [0.2, 0.25) is 0 Å². The van der Waals surface area contributed by atoms with Crippen molar-refractivity contribution in [3.63, 3.8) is 0 Å². The summed E-state index contributed by atoms with van der Waals surface area (Å²) in [6.07, 6.45) is 0. The normalized spacial score (nSPS) is 14.8. The first-order valence-corrected chi connectivity index (χ1v) is 8.26. The van der Waals surface area contributed by atoms with Gasteiger partial charge in [-0.25, -0.2) is 4.98 Å².